The summed E-state index contributed by atoms with van der Waals surface area (Å²) in [6.07, 6.45) is 0. The number of hydrazone groups is 1. The molecule has 8 nitrogen and oxygen atoms in total. The highest BCUT2D eigenvalue weighted by Gasteiger charge is 2.40. The van der Waals surface area contributed by atoms with Crippen molar-refractivity contribution in [1.29, 1.82) is 0 Å². The van der Waals surface area contributed by atoms with Crippen LogP contribution in [0, 0.1) is 10.1 Å². The predicted octanol–water partition coefficient (Wildman–Crippen LogP) is 3.17. The van der Waals surface area contributed by atoms with Crippen molar-refractivity contribution >= 4 is 39.2 Å². The number of ether oxygens (including phenoxy) is 1. The van der Waals surface area contributed by atoms with Crippen molar-refractivity contribution < 1.29 is 9.66 Å². The molecule has 0 radical (unpaired) electrons. The van der Waals surface area contributed by atoms with Crippen molar-refractivity contribution in [2.24, 2.45) is 5.10 Å². The summed E-state index contributed by atoms with van der Waals surface area (Å²) in [5, 5.41) is 17.2. The average Bonchev–Trinajstić information content (AvgIpc) is 3.22. The quantitative estimate of drug-likeness (QED) is 0.562. The third-order valence-electron chi connectivity index (χ3n) is 4.09. The molecule has 2 aliphatic rings. The summed E-state index contributed by atoms with van der Waals surface area (Å²) in [7, 11) is 1.62. The van der Waals surface area contributed by atoms with E-state index in [1.54, 1.807) is 31.0 Å². The van der Waals surface area contributed by atoms with Crippen LogP contribution in [0.2, 0.25) is 0 Å². The Morgan fingerprint density at radius 3 is 2.73 bits per heavy atom. The normalized spacial score (nSPS) is 21.2. The van der Waals surface area contributed by atoms with Gasteiger partial charge in [0.2, 0.25) is 0 Å². The molecule has 2 unspecified atom stereocenters. The molecule has 2 aromatic carbocycles. The Hall–Kier alpha value is -2.30. The van der Waals surface area contributed by atoms with Gasteiger partial charge in [-0.2, -0.15) is 5.10 Å². The van der Waals surface area contributed by atoms with Gasteiger partial charge in [-0.3, -0.25) is 20.5 Å². The Morgan fingerprint density at radius 2 is 2.08 bits per heavy atom. The second kappa shape index (κ2) is 6.78. The number of fused-ring (bicyclic) bond motifs is 1. The minimum Gasteiger partial charge on any atom is -0.497 e. The Morgan fingerprint density at radius 1 is 1.31 bits per heavy atom. The lowest BCUT2D eigenvalue weighted by molar-refractivity contribution is -0.384. The Labute approximate surface area is 161 Å². The third kappa shape index (κ3) is 3.00. The number of nitrogens with zero attached hydrogens (tertiary/aromatic N) is 3. The van der Waals surface area contributed by atoms with Crippen LogP contribution in [-0.4, -0.2) is 28.4 Å². The lowest BCUT2D eigenvalue weighted by Gasteiger charge is -2.19. The fourth-order valence-electron chi connectivity index (χ4n) is 2.76. The third-order valence-corrected chi connectivity index (χ3v) is 5.97. The van der Waals surface area contributed by atoms with Crippen LogP contribution in [0.3, 0.4) is 0 Å². The first-order valence-corrected chi connectivity index (χ1v) is 9.43. The molecule has 1 saturated heterocycles. The molecule has 1 fully saturated rings. The van der Waals surface area contributed by atoms with E-state index >= 15 is 0 Å². The number of hydrogen-bond acceptors (Lipinski definition) is 8. The van der Waals surface area contributed by atoms with E-state index in [1.165, 1.54) is 12.1 Å². The zero-order chi connectivity index (χ0) is 18.3. The number of non-ortho nitro benzene ring substituents is 1. The van der Waals surface area contributed by atoms with Crippen LogP contribution in [0.15, 0.2) is 52.0 Å². The van der Waals surface area contributed by atoms with Crippen LogP contribution in [0.25, 0.3) is 0 Å². The molecule has 2 atom stereocenters. The van der Waals surface area contributed by atoms with Gasteiger partial charge in [-0.15, -0.1) is 0 Å². The van der Waals surface area contributed by atoms with Gasteiger partial charge in [0.15, 0.2) is 11.3 Å². The maximum Gasteiger partial charge on any atom is 0.269 e. The van der Waals surface area contributed by atoms with E-state index in [0.29, 0.717) is 0 Å². The molecule has 4 rings (SSSR count). The minimum atomic E-state index is -0.398. The molecule has 2 heterocycles. The molecule has 2 N–H and O–H groups in total. The molecule has 2 aliphatic heterocycles. The highest BCUT2D eigenvalue weighted by atomic mass is 79.9. The van der Waals surface area contributed by atoms with Crippen molar-refractivity contribution in [2.75, 3.05) is 7.11 Å². The number of amidine groups is 1. The standard InChI is InChI=1S/C16H14BrN5O3S/c1-25-11-6-7-12(13(17)8-11)14-18-19-16-21(14)20-15(26-16)9-2-4-10(5-3-9)22(23)24/h2-8,15-16,19-20H,1H3. The SMILES string of the molecule is COc1ccc(C2=NNC3SC(c4ccc([N+](=O)[O-])cc4)NN23)c(Br)c1. The van der Waals surface area contributed by atoms with Gasteiger partial charge in [-0.1, -0.05) is 11.8 Å². The van der Waals surface area contributed by atoms with E-state index in [4.69, 9.17) is 4.74 Å². The van der Waals surface area contributed by atoms with E-state index < -0.39 is 4.92 Å². The molecular formula is C16H14BrN5O3S. The van der Waals surface area contributed by atoms with Gasteiger partial charge in [0.1, 0.15) is 11.1 Å². The zero-order valence-electron chi connectivity index (χ0n) is 13.5. The van der Waals surface area contributed by atoms with Crippen molar-refractivity contribution in [3.8, 4) is 5.75 Å². The lowest BCUT2D eigenvalue weighted by atomic mass is 10.2. The number of hydrogen-bond donors (Lipinski definition) is 2. The Kier molecular flexibility index (Phi) is 4.47. The van der Waals surface area contributed by atoms with E-state index in [0.717, 1.165) is 27.2 Å². The number of nitro groups is 1. The molecule has 134 valence electrons. The molecule has 0 aromatic heterocycles. The van der Waals surface area contributed by atoms with Crippen molar-refractivity contribution in [3.05, 3.63) is 68.2 Å². The van der Waals surface area contributed by atoms with E-state index in [9.17, 15) is 10.1 Å². The van der Waals surface area contributed by atoms with E-state index in [2.05, 4.69) is 31.9 Å². The molecule has 2 aromatic rings. The number of nitro benzene ring substituents is 1. The summed E-state index contributed by atoms with van der Waals surface area (Å²) >= 11 is 5.20. The van der Waals surface area contributed by atoms with Gasteiger partial charge in [0.05, 0.1) is 12.0 Å². The van der Waals surface area contributed by atoms with Gasteiger partial charge >= 0.3 is 0 Å². The predicted molar refractivity (Wildman–Crippen MR) is 103 cm³/mol. The van der Waals surface area contributed by atoms with E-state index in [-0.39, 0.29) is 16.6 Å². The van der Waals surface area contributed by atoms with Gasteiger partial charge in [0, 0.05) is 22.2 Å². The van der Waals surface area contributed by atoms with Crippen LogP contribution < -0.4 is 15.6 Å². The second-order valence-electron chi connectivity index (χ2n) is 5.63. The molecule has 0 saturated carbocycles. The maximum absolute atomic E-state index is 10.8. The van der Waals surface area contributed by atoms with Gasteiger partial charge < -0.3 is 4.74 Å². The number of hydrazine groups is 1. The Bertz CT molecular complexity index is 892. The molecule has 10 heteroatoms. The number of methoxy groups -OCH3 is 1. The lowest BCUT2D eigenvalue weighted by Crippen LogP contribution is -2.41. The van der Waals surface area contributed by atoms with Crippen LogP contribution in [0.5, 0.6) is 5.75 Å². The van der Waals surface area contributed by atoms with E-state index in [1.807, 2.05) is 23.2 Å². The zero-order valence-corrected chi connectivity index (χ0v) is 16.0. The van der Waals surface area contributed by atoms with Gasteiger partial charge in [-0.25, -0.2) is 5.43 Å². The first-order chi connectivity index (χ1) is 12.6. The van der Waals surface area contributed by atoms with Crippen LogP contribution in [0.4, 0.5) is 5.69 Å². The minimum absolute atomic E-state index is 0.0316. The summed E-state index contributed by atoms with van der Waals surface area (Å²) in [6.45, 7) is 0. The maximum atomic E-state index is 10.8. The van der Waals surface area contributed by atoms with Crippen molar-refractivity contribution in [3.63, 3.8) is 0 Å². The number of thioether (sulfide) groups is 1. The molecule has 0 spiro atoms. The number of halogens is 1. The number of rotatable bonds is 4. The fraction of sp³-hybridized carbons (Fsp3) is 0.188. The van der Waals surface area contributed by atoms with Crippen LogP contribution in [-0.2, 0) is 0 Å². The molecule has 0 bridgehead atoms. The van der Waals surface area contributed by atoms with Crippen molar-refractivity contribution in [1.82, 2.24) is 15.9 Å². The van der Waals surface area contributed by atoms with Gasteiger partial charge in [-0.05, 0) is 51.8 Å². The smallest absolute Gasteiger partial charge is 0.269 e. The summed E-state index contributed by atoms with van der Waals surface area (Å²) in [6, 6.07) is 12.3. The molecular weight excluding hydrogens is 422 g/mol. The Balaban J connectivity index is 1.54. The summed E-state index contributed by atoms with van der Waals surface area (Å²) in [4.78, 5) is 10.4. The first kappa shape index (κ1) is 17.1. The first-order valence-electron chi connectivity index (χ1n) is 7.69. The van der Waals surface area contributed by atoms with Crippen molar-refractivity contribution in [2.45, 2.75) is 10.9 Å². The molecule has 26 heavy (non-hydrogen) atoms. The van der Waals surface area contributed by atoms with Gasteiger partial charge in [0.25, 0.3) is 5.69 Å². The fourth-order valence-corrected chi connectivity index (χ4v) is 4.44. The molecule has 0 aliphatic carbocycles. The highest BCUT2D eigenvalue weighted by molar-refractivity contribution is 9.10. The number of nitrogens with one attached hydrogen (secondary N) is 2. The largest absolute Gasteiger partial charge is 0.497 e. The topological polar surface area (TPSA) is 92.0 Å². The summed E-state index contributed by atoms with van der Waals surface area (Å²) < 4.78 is 6.11. The van der Waals surface area contributed by atoms with Crippen LogP contribution >= 0.6 is 27.7 Å². The summed E-state index contributed by atoms with van der Waals surface area (Å²) in [5.74, 6) is 1.53. The monoisotopic (exact) mass is 435 g/mol. The second-order valence-corrected chi connectivity index (χ2v) is 7.67. The summed E-state index contributed by atoms with van der Waals surface area (Å²) in [5.41, 5.74) is 8.43. The van der Waals surface area contributed by atoms with Crippen LogP contribution in [0.1, 0.15) is 16.5 Å². The average molecular weight is 436 g/mol. The molecule has 0 amide bonds. The highest BCUT2D eigenvalue weighted by Crippen LogP contribution is 2.40. The number of benzene rings is 2.